The van der Waals surface area contributed by atoms with Crippen LogP contribution in [0.2, 0.25) is 12.1 Å². The highest BCUT2D eigenvalue weighted by atomic mass is 32.1. The molecule has 0 radical (unpaired) electrons. The lowest BCUT2D eigenvalue weighted by atomic mass is 10.0. The zero-order chi connectivity index (χ0) is 41.5. The molecule has 0 heterocycles. The normalized spacial score (nSPS) is 11.6. The lowest BCUT2D eigenvalue weighted by molar-refractivity contribution is 0.123. The lowest BCUT2D eigenvalue weighted by Crippen LogP contribution is -2.43. The van der Waals surface area contributed by atoms with Crippen LogP contribution in [0.5, 0.6) is 0 Å². The molecule has 0 saturated carbocycles. The van der Waals surface area contributed by atoms with Crippen LogP contribution in [0.3, 0.4) is 0 Å². The molecule has 0 saturated heterocycles. The maximum absolute atomic E-state index is 5.61. The van der Waals surface area contributed by atoms with E-state index < -0.39 is 17.6 Å². The molecule has 0 aliphatic rings. The van der Waals surface area contributed by atoms with Crippen LogP contribution >= 0.6 is 12.2 Å². The van der Waals surface area contributed by atoms with Crippen molar-refractivity contribution in [2.45, 2.75) is 37.8 Å². The van der Waals surface area contributed by atoms with E-state index in [4.69, 9.17) is 38.8 Å². The standard InChI is InChI=1S/C48H54N2O6SSi2/c1-51-58(52-2,53-3)36-12-14-39-20-28-45(29-21-39)49(43-16-8-6-9-17-43)47-32-24-41(25-33-47)42-26-34-48(35-27-42)50(44-18-10-7-11-19-44)46-30-22-40(23-31-46)15-13-37-59(54-4,55-5)56-38-57/h6-11,16-35,38H,12-15,36-37H2,1-5H3. The number of anilines is 6. The molecule has 0 aromatic heterocycles. The van der Waals surface area contributed by atoms with Crippen LogP contribution in [-0.2, 0) is 39.4 Å². The summed E-state index contributed by atoms with van der Waals surface area (Å²) in [4.78, 5) is 4.58. The molecule has 306 valence electrons. The van der Waals surface area contributed by atoms with Gasteiger partial charge in [-0.05, 0) is 133 Å². The van der Waals surface area contributed by atoms with Crippen LogP contribution in [0.1, 0.15) is 24.0 Å². The fraction of sp³-hybridized carbons (Fsp3) is 0.229. The van der Waals surface area contributed by atoms with Crippen molar-refractivity contribution in [2.75, 3.05) is 45.3 Å². The van der Waals surface area contributed by atoms with Gasteiger partial charge in [0.25, 0.3) is 0 Å². The molecule has 11 heteroatoms. The van der Waals surface area contributed by atoms with Gasteiger partial charge < -0.3 is 36.4 Å². The van der Waals surface area contributed by atoms with Crippen LogP contribution in [0, 0.1) is 0 Å². The summed E-state index contributed by atoms with van der Waals surface area (Å²) in [5.41, 5.74) is 12.6. The minimum absolute atomic E-state index is 0.684. The summed E-state index contributed by atoms with van der Waals surface area (Å²) in [7, 11) is 2.88. The maximum Gasteiger partial charge on any atom is 0.565 e. The van der Waals surface area contributed by atoms with Crippen LogP contribution in [-0.4, -0.2) is 58.7 Å². The van der Waals surface area contributed by atoms with E-state index in [9.17, 15) is 0 Å². The fourth-order valence-electron chi connectivity index (χ4n) is 7.37. The molecule has 8 nitrogen and oxygen atoms in total. The molecular weight excluding hydrogens is 789 g/mol. The van der Waals surface area contributed by atoms with Crippen LogP contribution in [0.15, 0.2) is 158 Å². The van der Waals surface area contributed by atoms with Gasteiger partial charge in [-0.1, -0.05) is 84.9 Å². The van der Waals surface area contributed by atoms with E-state index in [1.807, 2.05) is 12.1 Å². The predicted molar refractivity (Wildman–Crippen MR) is 249 cm³/mol. The Bertz CT molecular complexity index is 2150. The molecule has 0 unspecified atom stereocenters. The van der Waals surface area contributed by atoms with Gasteiger partial charge in [0.05, 0.1) is 0 Å². The Labute approximate surface area is 357 Å². The topological polar surface area (TPSA) is 61.9 Å². The van der Waals surface area contributed by atoms with Gasteiger partial charge in [0.15, 0.2) is 0 Å². The fourth-order valence-corrected chi connectivity index (χ4v) is 11.2. The third kappa shape index (κ3) is 11.0. The highest BCUT2D eigenvalue weighted by Gasteiger charge is 2.40. The van der Waals surface area contributed by atoms with E-state index in [2.05, 4.69) is 155 Å². The van der Waals surface area contributed by atoms with E-state index in [0.717, 1.165) is 77.0 Å². The third-order valence-corrected chi connectivity index (χ3v) is 16.5. The Morgan fingerprint density at radius 3 is 1.03 bits per heavy atom. The molecule has 0 aliphatic carbocycles. The minimum atomic E-state index is -2.77. The molecule has 6 aromatic rings. The zero-order valence-corrected chi connectivity index (χ0v) is 37.4. The minimum Gasteiger partial charge on any atom is -0.498 e. The Morgan fingerprint density at radius 2 is 0.712 bits per heavy atom. The maximum atomic E-state index is 5.61. The molecule has 0 amide bonds. The first-order chi connectivity index (χ1) is 28.9. The summed E-state index contributed by atoms with van der Waals surface area (Å²) in [6, 6.07) is 57.6. The van der Waals surface area contributed by atoms with Crippen LogP contribution in [0.4, 0.5) is 34.1 Å². The number of thiocarbonyl (C=S) groups is 1. The molecule has 0 fully saturated rings. The van der Waals surface area contributed by atoms with Gasteiger partial charge in [0.1, 0.15) is 5.55 Å². The van der Waals surface area contributed by atoms with E-state index in [0.29, 0.717) is 6.04 Å². The van der Waals surface area contributed by atoms with Crippen molar-refractivity contribution in [1.82, 2.24) is 0 Å². The highest BCUT2D eigenvalue weighted by Crippen LogP contribution is 2.38. The van der Waals surface area contributed by atoms with Gasteiger partial charge in [-0.25, -0.2) is 0 Å². The summed E-state index contributed by atoms with van der Waals surface area (Å²) in [5.74, 6) is 0. The lowest BCUT2D eigenvalue weighted by Gasteiger charge is -2.26. The number of nitrogens with zero attached hydrogens (tertiary/aromatic N) is 2. The number of rotatable bonds is 22. The zero-order valence-electron chi connectivity index (χ0n) is 34.6. The molecule has 0 bridgehead atoms. The Morgan fingerprint density at radius 1 is 0.407 bits per heavy atom. The number of hydrogen-bond donors (Lipinski definition) is 0. The van der Waals surface area contributed by atoms with Crippen LogP contribution < -0.4 is 9.80 Å². The molecule has 0 atom stereocenters. The van der Waals surface area contributed by atoms with E-state index >= 15 is 0 Å². The first-order valence-electron chi connectivity index (χ1n) is 19.9. The van der Waals surface area contributed by atoms with Gasteiger partial charge in [-0.15, -0.1) is 0 Å². The van der Waals surface area contributed by atoms with E-state index in [1.54, 1.807) is 35.5 Å². The summed E-state index contributed by atoms with van der Waals surface area (Å²) in [5, 5.41) is 0. The summed E-state index contributed by atoms with van der Waals surface area (Å²) in [6.45, 7) is 0. The smallest absolute Gasteiger partial charge is 0.498 e. The van der Waals surface area contributed by atoms with Crippen molar-refractivity contribution in [3.8, 4) is 11.1 Å². The summed E-state index contributed by atoms with van der Waals surface area (Å²) in [6.07, 6.45) is 3.57. The predicted octanol–water partition coefficient (Wildman–Crippen LogP) is 12.2. The van der Waals surface area contributed by atoms with Crippen LogP contribution in [0.25, 0.3) is 11.1 Å². The SMILES string of the molecule is CO[Si](CCCc1ccc(N(c2ccccc2)c2ccc(-c3ccc(N(c4ccccc4)c4ccc(CCC[Si](OC)(OC)OC=S)cc4)cc3)cc2)cc1)(OC)OC. The van der Waals surface area contributed by atoms with Crippen molar-refractivity contribution in [1.29, 1.82) is 0 Å². The van der Waals surface area contributed by atoms with Gasteiger partial charge in [0.2, 0.25) is 0 Å². The molecule has 0 spiro atoms. The molecule has 6 aromatic carbocycles. The molecule has 59 heavy (non-hydrogen) atoms. The van der Waals surface area contributed by atoms with Crippen molar-refractivity contribution in [3.63, 3.8) is 0 Å². The second kappa shape index (κ2) is 21.3. The van der Waals surface area contributed by atoms with Crippen molar-refractivity contribution in [3.05, 3.63) is 169 Å². The number of hydrogen-bond acceptors (Lipinski definition) is 9. The van der Waals surface area contributed by atoms with Crippen molar-refractivity contribution in [2.24, 2.45) is 0 Å². The highest BCUT2D eigenvalue weighted by molar-refractivity contribution is 7.78. The van der Waals surface area contributed by atoms with Gasteiger partial charge >= 0.3 is 17.6 Å². The Balaban J connectivity index is 1.18. The molecule has 0 aliphatic heterocycles. The van der Waals surface area contributed by atoms with E-state index in [1.165, 1.54) is 16.7 Å². The average Bonchev–Trinajstić information content (AvgIpc) is 3.30. The molecule has 0 N–H and O–H groups in total. The summed E-state index contributed by atoms with van der Waals surface area (Å²) < 4.78 is 33.6. The largest absolute Gasteiger partial charge is 0.565 e. The first kappa shape index (κ1) is 43.6. The number of para-hydroxylation sites is 2. The van der Waals surface area contributed by atoms with Gasteiger partial charge in [-0.3, -0.25) is 0 Å². The van der Waals surface area contributed by atoms with Crippen molar-refractivity contribution < 1.29 is 26.6 Å². The van der Waals surface area contributed by atoms with Crippen molar-refractivity contribution >= 4 is 69.5 Å². The second-order valence-corrected chi connectivity index (χ2v) is 20.3. The quantitative estimate of drug-likeness (QED) is 0.0491. The Kier molecular flexibility index (Phi) is 15.8. The molecular formula is C48H54N2O6SSi2. The Hall–Kier alpha value is -4.96. The number of aryl methyl sites for hydroxylation is 2. The van der Waals surface area contributed by atoms with Gasteiger partial charge in [0, 0.05) is 81.8 Å². The second-order valence-electron chi connectivity index (χ2n) is 14.1. The first-order valence-corrected chi connectivity index (χ1v) is 24.2. The van der Waals surface area contributed by atoms with E-state index in [-0.39, 0.29) is 0 Å². The molecule has 6 rings (SSSR count). The monoisotopic (exact) mass is 842 g/mol. The summed E-state index contributed by atoms with van der Waals surface area (Å²) >= 11 is 4.91. The third-order valence-electron chi connectivity index (χ3n) is 10.7. The average molecular weight is 843 g/mol. The number of benzene rings is 6. The van der Waals surface area contributed by atoms with Gasteiger partial charge in [-0.2, -0.15) is 0 Å².